The van der Waals surface area contributed by atoms with Crippen molar-refractivity contribution in [3.63, 3.8) is 0 Å². The monoisotopic (exact) mass is 524 g/mol. The highest BCUT2D eigenvalue weighted by molar-refractivity contribution is 5.56. The Hall–Kier alpha value is -2.91. The summed E-state index contributed by atoms with van der Waals surface area (Å²) in [5.41, 5.74) is 2.95. The van der Waals surface area contributed by atoms with E-state index in [0.29, 0.717) is 0 Å². The molecular formula is C36H48N2O. The first-order chi connectivity index (χ1) is 19.4. The number of hydrogen-bond donors (Lipinski definition) is 0. The molecule has 0 bridgehead atoms. The van der Waals surface area contributed by atoms with Crippen molar-refractivity contribution in [3.8, 4) is 0 Å². The van der Waals surface area contributed by atoms with E-state index in [-0.39, 0.29) is 0 Å². The second kappa shape index (κ2) is 16.9. The molecule has 3 heteroatoms. The van der Waals surface area contributed by atoms with Gasteiger partial charge in [0, 0.05) is 25.9 Å². The van der Waals surface area contributed by atoms with Crippen molar-refractivity contribution in [2.24, 2.45) is 5.10 Å². The Labute approximate surface area is 237 Å². The molecule has 0 unspecified atom stereocenters. The van der Waals surface area contributed by atoms with Gasteiger partial charge < -0.3 is 4.74 Å². The molecule has 0 atom stereocenters. The van der Waals surface area contributed by atoms with E-state index in [0.717, 1.165) is 32.5 Å². The zero-order valence-corrected chi connectivity index (χ0v) is 23.9. The molecule has 1 fully saturated rings. The minimum atomic E-state index is -0.595. The van der Waals surface area contributed by atoms with Gasteiger partial charge in [-0.25, -0.2) is 0 Å². The molecular weight excluding hydrogens is 476 g/mol. The molecule has 1 aliphatic rings. The molecule has 3 nitrogen and oxygen atoms in total. The van der Waals surface area contributed by atoms with E-state index in [2.05, 4.69) is 107 Å². The second-order valence-electron chi connectivity index (χ2n) is 10.9. The van der Waals surface area contributed by atoms with Gasteiger partial charge in [0.15, 0.2) is 0 Å². The maximum Gasteiger partial charge on any atom is 0.143 e. The van der Waals surface area contributed by atoms with Gasteiger partial charge in [0.1, 0.15) is 5.60 Å². The van der Waals surface area contributed by atoms with Crippen LogP contribution in [0.1, 0.15) is 100 Å². The van der Waals surface area contributed by atoms with E-state index in [1.807, 2.05) is 0 Å². The average molecular weight is 525 g/mol. The summed E-state index contributed by atoms with van der Waals surface area (Å²) in [5, 5.41) is 6.88. The largest absolute Gasteiger partial charge is 0.361 e. The third-order valence-electron chi connectivity index (χ3n) is 7.91. The zero-order valence-electron chi connectivity index (χ0n) is 23.9. The Morgan fingerprint density at radius 1 is 0.564 bits per heavy atom. The maximum absolute atomic E-state index is 6.90. The number of hydrogen-bond acceptors (Lipinski definition) is 3. The SMILES string of the molecule is C(/CCCCCCCCCCCOC(c1ccccc1)(c1ccccc1)c1ccccc1)=N\N1CCCCC1. The van der Waals surface area contributed by atoms with Crippen LogP contribution >= 0.6 is 0 Å². The average Bonchev–Trinajstić information content (AvgIpc) is 3.01. The van der Waals surface area contributed by atoms with Gasteiger partial charge in [-0.2, -0.15) is 5.10 Å². The van der Waals surface area contributed by atoms with Crippen LogP contribution in [0.15, 0.2) is 96.1 Å². The lowest BCUT2D eigenvalue weighted by atomic mass is 9.80. The Bertz CT molecular complexity index is 949. The summed E-state index contributed by atoms with van der Waals surface area (Å²) in [4.78, 5) is 0. The molecule has 1 aliphatic heterocycles. The van der Waals surface area contributed by atoms with Gasteiger partial charge in [-0.1, -0.05) is 136 Å². The molecule has 0 saturated carbocycles. The highest BCUT2D eigenvalue weighted by Crippen LogP contribution is 2.40. The fourth-order valence-electron chi connectivity index (χ4n) is 5.73. The first kappa shape index (κ1) is 29.1. The van der Waals surface area contributed by atoms with Crippen LogP contribution in [-0.4, -0.2) is 30.9 Å². The van der Waals surface area contributed by atoms with Crippen LogP contribution in [0.4, 0.5) is 0 Å². The summed E-state index contributed by atoms with van der Waals surface area (Å²) in [5.74, 6) is 0. The molecule has 1 saturated heterocycles. The lowest BCUT2D eigenvalue weighted by molar-refractivity contribution is 0.0106. The lowest BCUT2D eigenvalue weighted by Gasteiger charge is -2.36. The second-order valence-corrected chi connectivity index (χ2v) is 10.9. The van der Waals surface area contributed by atoms with Crippen LogP contribution in [-0.2, 0) is 10.3 Å². The van der Waals surface area contributed by atoms with Crippen LogP contribution in [0.25, 0.3) is 0 Å². The van der Waals surface area contributed by atoms with Gasteiger partial charge in [-0.05, 0) is 55.2 Å². The van der Waals surface area contributed by atoms with Crippen molar-refractivity contribution in [2.75, 3.05) is 19.7 Å². The smallest absolute Gasteiger partial charge is 0.143 e. The highest BCUT2D eigenvalue weighted by atomic mass is 16.5. The summed E-state index contributed by atoms with van der Waals surface area (Å²) < 4.78 is 6.90. The molecule has 1 heterocycles. The molecule has 4 rings (SSSR count). The third kappa shape index (κ3) is 9.07. The molecule has 3 aromatic rings. The van der Waals surface area contributed by atoms with Crippen LogP contribution in [0, 0.1) is 0 Å². The van der Waals surface area contributed by atoms with Crippen molar-refractivity contribution in [3.05, 3.63) is 108 Å². The summed E-state index contributed by atoms with van der Waals surface area (Å²) in [6.07, 6.45) is 18.9. The fourth-order valence-corrected chi connectivity index (χ4v) is 5.73. The number of benzene rings is 3. The highest BCUT2D eigenvalue weighted by Gasteiger charge is 2.37. The van der Waals surface area contributed by atoms with Crippen LogP contribution in [0.3, 0.4) is 0 Å². The van der Waals surface area contributed by atoms with Crippen molar-refractivity contribution in [2.45, 2.75) is 89.1 Å². The van der Waals surface area contributed by atoms with E-state index in [1.54, 1.807) is 0 Å². The standard InChI is InChI=1S/C36H48N2O/c1(3-5-7-19-29-37-38-30-20-12-21-31-38)2-4-6-8-22-32-39-36(33-23-13-9-14-24-33,34-25-15-10-16-26-34)35-27-17-11-18-28-35/h9-11,13-18,23-29H,1-8,12,19-22,30-32H2/b37-29+. The van der Waals surface area contributed by atoms with E-state index < -0.39 is 5.60 Å². The van der Waals surface area contributed by atoms with E-state index >= 15 is 0 Å². The number of hydrazone groups is 1. The van der Waals surface area contributed by atoms with Crippen molar-refractivity contribution in [1.82, 2.24) is 5.01 Å². The molecule has 0 spiro atoms. The van der Waals surface area contributed by atoms with Gasteiger partial charge in [0.2, 0.25) is 0 Å². The molecule has 3 aromatic carbocycles. The molecule has 0 aromatic heterocycles. The molecule has 0 aliphatic carbocycles. The van der Waals surface area contributed by atoms with Crippen LogP contribution in [0.5, 0.6) is 0 Å². The quantitative estimate of drug-likeness (QED) is 0.0998. The topological polar surface area (TPSA) is 24.8 Å². The zero-order chi connectivity index (χ0) is 26.9. The van der Waals surface area contributed by atoms with Gasteiger partial charge in [0.25, 0.3) is 0 Å². The molecule has 208 valence electrons. The Balaban J connectivity index is 1.16. The lowest BCUT2D eigenvalue weighted by Crippen LogP contribution is -2.33. The van der Waals surface area contributed by atoms with Gasteiger partial charge in [-0.15, -0.1) is 0 Å². The summed E-state index contributed by atoms with van der Waals surface area (Å²) >= 11 is 0. The number of rotatable bonds is 17. The first-order valence-electron chi connectivity index (χ1n) is 15.5. The van der Waals surface area contributed by atoms with Crippen molar-refractivity contribution in [1.29, 1.82) is 0 Å². The van der Waals surface area contributed by atoms with E-state index in [9.17, 15) is 0 Å². The third-order valence-corrected chi connectivity index (χ3v) is 7.91. The van der Waals surface area contributed by atoms with E-state index in [4.69, 9.17) is 4.74 Å². The fraction of sp³-hybridized carbons (Fsp3) is 0.472. The number of piperidine rings is 1. The van der Waals surface area contributed by atoms with Gasteiger partial charge >= 0.3 is 0 Å². The number of unbranched alkanes of at least 4 members (excludes halogenated alkanes) is 9. The minimum Gasteiger partial charge on any atom is -0.361 e. The summed E-state index contributed by atoms with van der Waals surface area (Å²) in [6.45, 7) is 3.05. The van der Waals surface area contributed by atoms with Gasteiger partial charge in [0.05, 0.1) is 0 Å². The Morgan fingerprint density at radius 2 is 1.00 bits per heavy atom. The molecule has 0 amide bonds. The number of ether oxygens (including phenoxy) is 1. The first-order valence-corrected chi connectivity index (χ1v) is 15.5. The van der Waals surface area contributed by atoms with Crippen molar-refractivity contribution < 1.29 is 4.74 Å². The number of nitrogens with zero attached hydrogens (tertiary/aromatic N) is 2. The Morgan fingerprint density at radius 3 is 1.49 bits per heavy atom. The predicted molar refractivity (Wildman–Crippen MR) is 165 cm³/mol. The Kier molecular flexibility index (Phi) is 12.6. The normalized spacial score (nSPS) is 14.2. The summed E-state index contributed by atoms with van der Waals surface area (Å²) in [7, 11) is 0. The van der Waals surface area contributed by atoms with Gasteiger partial charge in [-0.3, -0.25) is 5.01 Å². The minimum absolute atomic E-state index is 0.595. The van der Waals surface area contributed by atoms with Crippen LogP contribution < -0.4 is 0 Å². The summed E-state index contributed by atoms with van der Waals surface area (Å²) in [6, 6.07) is 32.1. The molecule has 39 heavy (non-hydrogen) atoms. The van der Waals surface area contributed by atoms with Crippen molar-refractivity contribution >= 4 is 6.21 Å². The van der Waals surface area contributed by atoms with E-state index in [1.165, 1.54) is 87.3 Å². The van der Waals surface area contributed by atoms with Crippen LogP contribution in [0.2, 0.25) is 0 Å². The molecule has 0 N–H and O–H groups in total. The molecule has 0 radical (unpaired) electrons. The predicted octanol–water partition coefficient (Wildman–Crippen LogP) is 9.37. The maximum atomic E-state index is 6.90.